The maximum atomic E-state index is 12.9. The Hall–Kier alpha value is -3.94. The average molecular weight is 418 g/mol. The largest absolute Gasteiger partial charge is 0.489 e. The van der Waals surface area contributed by atoms with Crippen LogP contribution in [-0.2, 0) is 11.2 Å². The Morgan fingerprint density at radius 3 is 2.74 bits per heavy atom. The Kier molecular flexibility index (Phi) is 5.53. The van der Waals surface area contributed by atoms with Crippen LogP contribution in [0.1, 0.15) is 34.6 Å². The molecule has 1 aromatic heterocycles. The maximum absolute atomic E-state index is 12.9. The van der Waals surface area contributed by atoms with Crippen molar-refractivity contribution in [1.29, 1.82) is 0 Å². The number of hydrogen-bond donors (Lipinski definition) is 1. The van der Waals surface area contributed by atoms with Crippen molar-refractivity contribution < 1.29 is 18.7 Å². The molecule has 2 amide bonds. The van der Waals surface area contributed by atoms with E-state index in [4.69, 9.17) is 9.15 Å². The van der Waals surface area contributed by atoms with Crippen LogP contribution in [0.4, 0.5) is 5.69 Å². The second kappa shape index (κ2) is 8.43. The first-order valence-electron chi connectivity index (χ1n) is 9.80. The molecule has 8 nitrogen and oxygen atoms in total. The van der Waals surface area contributed by atoms with Crippen LogP contribution in [0.15, 0.2) is 59.5 Å². The molecule has 0 bridgehead atoms. The van der Waals surface area contributed by atoms with Gasteiger partial charge in [-0.1, -0.05) is 48.6 Å². The SMILES string of the molecule is C=C(C)c1ccc2c(c1)OC[C@H](NC(=O)c1nnc(Cc3ccccc3)o1)C(=O)N2C. The van der Waals surface area contributed by atoms with Gasteiger partial charge in [-0.25, -0.2) is 0 Å². The highest BCUT2D eigenvalue weighted by molar-refractivity contribution is 6.02. The minimum absolute atomic E-state index is 0.0213. The van der Waals surface area contributed by atoms with E-state index in [1.165, 1.54) is 4.90 Å². The Bertz CT molecular complexity index is 1140. The fourth-order valence-corrected chi connectivity index (χ4v) is 3.28. The monoisotopic (exact) mass is 418 g/mol. The molecule has 0 radical (unpaired) electrons. The fraction of sp³-hybridized carbons (Fsp3) is 0.217. The molecule has 0 aliphatic carbocycles. The molecule has 1 aliphatic heterocycles. The van der Waals surface area contributed by atoms with E-state index in [0.717, 1.165) is 16.7 Å². The van der Waals surface area contributed by atoms with Gasteiger partial charge in [0.2, 0.25) is 5.89 Å². The summed E-state index contributed by atoms with van der Waals surface area (Å²) in [5.41, 5.74) is 3.41. The van der Waals surface area contributed by atoms with Gasteiger partial charge in [-0.15, -0.1) is 10.2 Å². The number of carbonyl (C=O) groups excluding carboxylic acids is 2. The van der Waals surface area contributed by atoms with Crippen molar-refractivity contribution in [1.82, 2.24) is 15.5 Å². The number of amides is 2. The lowest BCUT2D eigenvalue weighted by Crippen LogP contribution is -2.49. The minimum Gasteiger partial charge on any atom is -0.489 e. The first-order chi connectivity index (χ1) is 14.9. The van der Waals surface area contributed by atoms with Gasteiger partial charge >= 0.3 is 11.8 Å². The van der Waals surface area contributed by atoms with Crippen LogP contribution in [0.3, 0.4) is 0 Å². The van der Waals surface area contributed by atoms with Crippen LogP contribution < -0.4 is 15.0 Å². The summed E-state index contributed by atoms with van der Waals surface area (Å²) in [6.07, 6.45) is 0.412. The van der Waals surface area contributed by atoms with E-state index in [-0.39, 0.29) is 18.4 Å². The lowest BCUT2D eigenvalue weighted by molar-refractivity contribution is -0.120. The van der Waals surface area contributed by atoms with E-state index in [0.29, 0.717) is 23.7 Å². The summed E-state index contributed by atoms with van der Waals surface area (Å²) < 4.78 is 11.3. The molecular weight excluding hydrogens is 396 g/mol. The standard InChI is InChI=1S/C23H22N4O4/c1-14(2)16-9-10-18-19(12-16)30-13-17(23(29)27(18)3)24-21(28)22-26-25-20(31-22)11-15-7-5-4-6-8-15/h4-10,12,17H,1,11,13H2,2-3H3,(H,24,28)/t17-/m0/s1. The molecule has 0 spiro atoms. The summed E-state index contributed by atoms with van der Waals surface area (Å²) in [5.74, 6) is -0.268. The number of nitrogens with one attached hydrogen (secondary N) is 1. The number of aromatic nitrogens is 2. The molecule has 0 fully saturated rings. The van der Waals surface area contributed by atoms with Gasteiger partial charge in [-0.05, 0) is 30.2 Å². The van der Waals surface area contributed by atoms with E-state index < -0.39 is 11.9 Å². The van der Waals surface area contributed by atoms with Gasteiger partial charge in [0.05, 0.1) is 12.1 Å². The molecule has 1 aliphatic rings. The number of hydrogen-bond acceptors (Lipinski definition) is 6. The van der Waals surface area contributed by atoms with Crippen LogP contribution in [0.25, 0.3) is 5.57 Å². The Morgan fingerprint density at radius 2 is 2.00 bits per heavy atom. The number of ether oxygens (including phenoxy) is 1. The smallest absolute Gasteiger partial charge is 0.309 e. The zero-order chi connectivity index (χ0) is 22.0. The highest BCUT2D eigenvalue weighted by atomic mass is 16.5. The Labute approximate surface area is 179 Å². The van der Waals surface area contributed by atoms with Crippen molar-refractivity contribution in [3.8, 4) is 5.75 Å². The average Bonchev–Trinajstić information content (AvgIpc) is 3.20. The van der Waals surface area contributed by atoms with Gasteiger partial charge < -0.3 is 19.4 Å². The summed E-state index contributed by atoms with van der Waals surface area (Å²) >= 11 is 0. The molecule has 4 rings (SSSR count). The van der Waals surface area contributed by atoms with Gasteiger partial charge in [0.25, 0.3) is 5.91 Å². The summed E-state index contributed by atoms with van der Waals surface area (Å²) in [4.78, 5) is 27.0. The van der Waals surface area contributed by atoms with Gasteiger partial charge in [-0.2, -0.15) is 0 Å². The topological polar surface area (TPSA) is 97.6 Å². The van der Waals surface area contributed by atoms with Crippen molar-refractivity contribution in [3.05, 3.63) is 78.0 Å². The van der Waals surface area contributed by atoms with E-state index in [1.54, 1.807) is 13.1 Å². The first-order valence-corrected chi connectivity index (χ1v) is 9.80. The van der Waals surface area contributed by atoms with Gasteiger partial charge in [-0.3, -0.25) is 9.59 Å². The Morgan fingerprint density at radius 1 is 1.23 bits per heavy atom. The van der Waals surface area contributed by atoms with Gasteiger partial charge in [0.1, 0.15) is 18.4 Å². The lowest BCUT2D eigenvalue weighted by Gasteiger charge is -2.20. The summed E-state index contributed by atoms with van der Waals surface area (Å²) in [5, 5.41) is 10.4. The molecule has 2 heterocycles. The van der Waals surface area contributed by atoms with Crippen molar-refractivity contribution >= 4 is 23.1 Å². The molecule has 3 aromatic rings. The second-order valence-corrected chi connectivity index (χ2v) is 7.36. The van der Waals surface area contributed by atoms with Crippen LogP contribution in [0.2, 0.25) is 0 Å². The first kappa shape index (κ1) is 20.3. The van der Waals surface area contributed by atoms with Crippen LogP contribution in [-0.4, -0.2) is 41.7 Å². The molecule has 1 atom stereocenters. The highest BCUT2D eigenvalue weighted by Gasteiger charge is 2.32. The Balaban J connectivity index is 1.46. The van der Waals surface area contributed by atoms with E-state index in [9.17, 15) is 9.59 Å². The zero-order valence-corrected chi connectivity index (χ0v) is 17.3. The molecular formula is C23H22N4O4. The minimum atomic E-state index is -0.900. The van der Waals surface area contributed by atoms with E-state index >= 15 is 0 Å². The van der Waals surface area contributed by atoms with Crippen LogP contribution in [0, 0.1) is 0 Å². The highest BCUT2D eigenvalue weighted by Crippen LogP contribution is 2.33. The molecule has 158 valence electrons. The normalized spacial score (nSPS) is 15.6. The second-order valence-electron chi connectivity index (χ2n) is 7.36. The number of likely N-dealkylation sites (N-methyl/N-ethyl adjacent to an activating group) is 1. The zero-order valence-electron chi connectivity index (χ0n) is 17.3. The predicted molar refractivity (Wildman–Crippen MR) is 115 cm³/mol. The van der Waals surface area contributed by atoms with Crippen molar-refractivity contribution in [2.45, 2.75) is 19.4 Å². The van der Waals surface area contributed by atoms with Gasteiger partial charge in [0.15, 0.2) is 0 Å². The molecule has 8 heteroatoms. The van der Waals surface area contributed by atoms with Crippen molar-refractivity contribution in [3.63, 3.8) is 0 Å². The summed E-state index contributed by atoms with van der Waals surface area (Å²) in [6.45, 7) is 5.81. The number of rotatable bonds is 5. The van der Waals surface area contributed by atoms with Crippen LogP contribution in [0.5, 0.6) is 5.75 Å². The number of carbonyl (C=O) groups is 2. The van der Waals surface area contributed by atoms with E-state index in [1.807, 2.05) is 49.4 Å². The number of benzene rings is 2. The third kappa shape index (κ3) is 4.32. The van der Waals surface area contributed by atoms with Crippen LogP contribution >= 0.6 is 0 Å². The summed E-state index contributed by atoms with van der Waals surface area (Å²) in [7, 11) is 1.64. The molecule has 1 N–H and O–H groups in total. The quantitative estimate of drug-likeness (QED) is 0.684. The third-order valence-electron chi connectivity index (χ3n) is 5.01. The molecule has 31 heavy (non-hydrogen) atoms. The summed E-state index contributed by atoms with van der Waals surface area (Å²) in [6, 6.07) is 14.2. The van der Waals surface area contributed by atoms with Crippen molar-refractivity contribution in [2.24, 2.45) is 0 Å². The maximum Gasteiger partial charge on any atom is 0.309 e. The molecule has 0 unspecified atom stereocenters. The number of anilines is 1. The number of allylic oxidation sites excluding steroid dienone is 1. The lowest BCUT2D eigenvalue weighted by atomic mass is 10.1. The van der Waals surface area contributed by atoms with Gasteiger partial charge in [0, 0.05) is 7.05 Å². The molecule has 0 saturated heterocycles. The van der Waals surface area contributed by atoms with E-state index in [2.05, 4.69) is 22.1 Å². The number of nitrogens with zero attached hydrogens (tertiary/aromatic N) is 3. The fourth-order valence-electron chi connectivity index (χ4n) is 3.28. The number of fused-ring (bicyclic) bond motifs is 1. The predicted octanol–water partition coefficient (Wildman–Crippen LogP) is 2.85. The third-order valence-corrected chi connectivity index (χ3v) is 5.01. The molecule has 2 aromatic carbocycles. The van der Waals surface area contributed by atoms with Crippen molar-refractivity contribution in [2.75, 3.05) is 18.6 Å². The molecule has 0 saturated carbocycles.